The second-order valence-corrected chi connectivity index (χ2v) is 29.2. The van der Waals surface area contributed by atoms with Gasteiger partial charge in [0.15, 0.2) is 0 Å². The number of fused-ring (bicyclic) bond motifs is 1. The number of aryl methyl sites for hydroxylation is 1. The molecule has 11 heteroatoms. The molecule has 1 fully saturated rings. The average molecular weight is 816 g/mol. The van der Waals surface area contributed by atoms with Gasteiger partial charge in [-0.25, -0.2) is 0 Å². The van der Waals surface area contributed by atoms with Crippen molar-refractivity contribution in [2.45, 2.75) is 152 Å². The molecule has 9 nitrogen and oxygen atoms in total. The number of nitrogens with zero attached hydrogens (tertiary/aromatic N) is 6. The van der Waals surface area contributed by atoms with Crippen molar-refractivity contribution in [2.24, 2.45) is 0 Å². The molecule has 2 atom stereocenters. The molecular weight excluding hydrogens is 755 g/mol. The summed E-state index contributed by atoms with van der Waals surface area (Å²) < 4.78 is 12.2. The predicted octanol–water partition coefficient (Wildman–Crippen LogP) is 9.15. The Balaban J connectivity index is 2.03. The summed E-state index contributed by atoms with van der Waals surface area (Å²) in [5.41, 5.74) is 2.18. The van der Waals surface area contributed by atoms with Gasteiger partial charge in [-0.2, -0.15) is 0 Å². The number of hydrogen-bond donors (Lipinski definition) is 0. The Morgan fingerprint density at radius 3 is 2.14 bits per heavy atom. The third-order valence-corrected chi connectivity index (χ3v) is 26.1. The Kier molecular flexibility index (Phi) is 13.7. The van der Waals surface area contributed by atoms with Crippen LogP contribution in [0, 0.1) is 6.92 Å². The van der Waals surface area contributed by atoms with Gasteiger partial charge in [0.25, 0.3) is 0 Å². The van der Waals surface area contributed by atoms with E-state index in [0.29, 0.717) is 29.6 Å². The monoisotopic (exact) mass is 816 g/mol. The summed E-state index contributed by atoms with van der Waals surface area (Å²) in [7, 11) is 0. The first-order chi connectivity index (χ1) is 23.6. The molecule has 0 aromatic carbocycles. The van der Waals surface area contributed by atoms with Crippen molar-refractivity contribution in [3.63, 3.8) is 0 Å². The number of rotatable bonds is 13. The molecule has 0 radical (unpaired) electrons. The van der Waals surface area contributed by atoms with Gasteiger partial charge < -0.3 is 0 Å². The summed E-state index contributed by atoms with van der Waals surface area (Å²) in [6.45, 7) is 23.7. The van der Waals surface area contributed by atoms with Crippen molar-refractivity contribution < 1.29 is 9.53 Å². The molecule has 0 aliphatic carbocycles. The molecule has 1 aliphatic rings. The van der Waals surface area contributed by atoms with Crippen LogP contribution in [-0.4, -0.2) is 79.7 Å². The van der Waals surface area contributed by atoms with Crippen molar-refractivity contribution in [1.29, 1.82) is 0 Å². The van der Waals surface area contributed by atoms with Crippen LogP contribution in [0.1, 0.15) is 125 Å². The number of piperazine rings is 1. The molecule has 50 heavy (non-hydrogen) atoms. The Morgan fingerprint density at radius 2 is 1.60 bits per heavy atom. The number of aromatic nitrogens is 4. The number of carbonyl (C=O) groups is 1. The quantitative estimate of drug-likeness (QED) is 0.159. The first-order valence-corrected chi connectivity index (χ1v) is 26.8. The zero-order chi connectivity index (χ0) is 37.0. The van der Waals surface area contributed by atoms with Crippen LogP contribution in [0.5, 0.6) is 0 Å². The molecule has 4 heterocycles. The second-order valence-electron chi connectivity index (χ2n) is 15.8. The normalized spacial score (nSPS) is 17.2. The Morgan fingerprint density at radius 1 is 1.00 bits per heavy atom. The van der Waals surface area contributed by atoms with E-state index in [9.17, 15) is 9.59 Å². The average Bonchev–Trinajstić information content (AvgIpc) is 3.04. The first kappa shape index (κ1) is 40.4. The minimum atomic E-state index is -3.18. The van der Waals surface area contributed by atoms with Crippen molar-refractivity contribution in [1.82, 2.24) is 24.4 Å². The summed E-state index contributed by atoms with van der Waals surface area (Å²) in [5.74, 6) is 0.645. The Labute approximate surface area is 309 Å². The fraction of sp³-hybridized carbons (Fsp3) is 0.667. The standard InChI is InChI=1S/C27H34ClN6O3.3C4H9.Sn/c1-15(2)21-22(16(3)9-10-29-21)34-23-20(11-19(28)12-30-23)24(31-25(34)35)32-13-18(5)33(14-17(32)4)26(36)37-27(6,7)8;3*1-3-4-2;/h9-11,15,17-18H,13-14H2,1-8H3;3*1,3-4H2,2H3;/t17-,18+;;;;/m0..../s1. The summed E-state index contributed by atoms with van der Waals surface area (Å²) in [5, 5.41) is 1.47. The van der Waals surface area contributed by atoms with Gasteiger partial charge in [0.05, 0.1) is 0 Å². The molecule has 3 aromatic rings. The first-order valence-electron chi connectivity index (χ1n) is 18.9. The van der Waals surface area contributed by atoms with Gasteiger partial charge in [-0.05, 0) is 20.8 Å². The van der Waals surface area contributed by atoms with Crippen molar-refractivity contribution >= 4 is 56.6 Å². The maximum absolute atomic E-state index is 14.6. The van der Waals surface area contributed by atoms with E-state index in [4.69, 9.17) is 31.3 Å². The number of pyridine rings is 2. The number of carbonyl (C=O) groups excluding carboxylic acids is 1. The van der Waals surface area contributed by atoms with Crippen LogP contribution in [-0.2, 0) is 4.74 Å². The molecular formula is C39H61ClN6O3Sn. The van der Waals surface area contributed by atoms with E-state index < -0.39 is 24.0 Å². The molecule has 0 saturated carbocycles. The fourth-order valence-corrected chi connectivity index (χ4v) is 24.6. The molecule has 0 unspecified atom stereocenters. The number of halogens is 1. The summed E-state index contributed by atoms with van der Waals surface area (Å²) in [4.78, 5) is 46.9. The summed E-state index contributed by atoms with van der Waals surface area (Å²) in [6.07, 6.45) is 8.41. The Hall–Kier alpha value is -2.40. The van der Waals surface area contributed by atoms with E-state index in [1.165, 1.54) is 32.6 Å². The fourth-order valence-electron chi connectivity index (χ4n) is 7.46. The molecule has 1 aliphatic heterocycles. The molecule has 0 N–H and O–H groups in total. The van der Waals surface area contributed by atoms with Gasteiger partial charge in [0.1, 0.15) is 0 Å². The zero-order valence-corrected chi connectivity index (χ0v) is 36.1. The van der Waals surface area contributed by atoms with E-state index in [-0.39, 0.29) is 29.8 Å². The molecule has 0 bridgehead atoms. The van der Waals surface area contributed by atoms with Crippen LogP contribution in [0.3, 0.4) is 0 Å². The van der Waals surface area contributed by atoms with E-state index in [1.807, 2.05) is 46.9 Å². The second kappa shape index (κ2) is 17.0. The van der Waals surface area contributed by atoms with Gasteiger partial charge in [-0.3, -0.25) is 0 Å². The number of anilines is 1. The molecule has 1 amide bonds. The van der Waals surface area contributed by atoms with Gasteiger partial charge in [-0.1, -0.05) is 0 Å². The molecule has 276 valence electrons. The van der Waals surface area contributed by atoms with Crippen molar-refractivity contribution in [3.8, 4) is 5.69 Å². The van der Waals surface area contributed by atoms with Gasteiger partial charge in [0, 0.05) is 0 Å². The Bertz CT molecular complexity index is 1680. The zero-order valence-electron chi connectivity index (χ0n) is 32.5. The maximum atomic E-state index is 14.6. The predicted molar refractivity (Wildman–Crippen MR) is 211 cm³/mol. The molecule has 1 saturated heterocycles. The third kappa shape index (κ3) is 8.79. The van der Waals surface area contributed by atoms with E-state index in [1.54, 1.807) is 9.47 Å². The number of unbranched alkanes of at least 4 members (excludes halogenated alkanes) is 3. The van der Waals surface area contributed by atoms with Crippen molar-refractivity contribution in [3.05, 3.63) is 45.1 Å². The van der Waals surface area contributed by atoms with E-state index in [2.05, 4.69) is 52.5 Å². The van der Waals surface area contributed by atoms with Crippen LogP contribution in [0.25, 0.3) is 16.7 Å². The molecule has 4 rings (SSSR count). The van der Waals surface area contributed by atoms with Gasteiger partial charge in [0.2, 0.25) is 0 Å². The molecule has 0 spiro atoms. The number of hydrogen-bond acceptors (Lipinski definition) is 7. The third-order valence-electron chi connectivity index (χ3n) is 10.1. The van der Waals surface area contributed by atoms with Gasteiger partial charge in [-0.15, -0.1) is 0 Å². The summed E-state index contributed by atoms with van der Waals surface area (Å²) >= 11 is 4.27. The van der Waals surface area contributed by atoms with E-state index in [0.717, 1.165) is 45.3 Å². The minimum absolute atomic E-state index is 0.0806. The van der Waals surface area contributed by atoms with E-state index >= 15 is 0 Å². The van der Waals surface area contributed by atoms with Gasteiger partial charge >= 0.3 is 290 Å². The number of amides is 1. The van der Waals surface area contributed by atoms with Crippen LogP contribution in [0.15, 0.2) is 23.1 Å². The SMILES string of the molecule is CCC[CH2][Sn]([CH2]CCC)([CH2]CCC)[c]1nc2c(cc1Cl)c(N1C[C@@H](C)N(C(=O)OC(C)(C)C)C[C@@H]1C)nc(=O)n2-c1c(C)ccnc1C(C)C. The topological polar surface area (TPSA) is 93.5 Å². The summed E-state index contributed by atoms with van der Waals surface area (Å²) in [6, 6.07) is 3.71. The number of ether oxygens (including phenoxy) is 1. The van der Waals surface area contributed by atoms with Crippen LogP contribution < -0.4 is 14.3 Å². The molecule has 3 aromatic heterocycles. The van der Waals surface area contributed by atoms with Crippen molar-refractivity contribution in [2.75, 3.05) is 18.0 Å². The van der Waals surface area contributed by atoms with Crippen LogP contribution in [0.4, 0.5) is 10.6 Å². The van der Waals surface area contributed by atoms with Crippen LogP contribution >= 0.6 is 11.6 Å². The van der Waals surface area contributed by atoms with Crippen LogP contribution in [0.2, 0.25) is 18.3 Å².